The topological polar surface area (TPSA) is 37.4 Å². The molecule has 2 rings (SSSR count). The van der Waals surface area contributed by atoms with E-state index in [1.165, 1.54) is 11.3 Å². The summed E-state index contributed by atoms with van der Waals surface area (Å²) in [7, 11) is -3.33. The monoisotopic (exact) mass is 429 g/mol. The van der Waals surface area contributed by atoms with Crippen LogP contribution in [0.3, 0.4) is 0 Å². The van der Waals surface area contributed by atoms with Crippen LogP contribution < -0.4 is 0 Å². The number of hydrogen-bond acceptors (Lipinski definition) is 3. The van der Waals surface area contributed by atoms with Crippen molar-refractivity contribution in [2.24, 2.45) is 0 Å². The molecule has 2 heterocycles. The van der Waals surface area contributed by atoms with Crippen LogP contribution in [0.1, 0.15) is 30.6 Å². The van der Waals surface area contributed by atoms with Crippen LogP contribution in [0, 0.1) is 6.92 Å². The molecule has 7 heteroatoms. The highest BCUT2D eigenvalue weighted by atomic mass is 79.9. The van der Waals surface area contributed by atoms with E-state index in [0.717, 1.165) is 39.7 Å². The van der Waals surface area contributed by atoms with Gasteiger partial charge in [0.25, 0.3) is 0 Å². The van der Waals surface area contributed by atoms with E-state index in [1.54, 1.807) is 10.4 Å². The zero-order valence-corrected chi connectivity index (χ0v) is 15.5. The van der Waals surface area contributed by atoms with E-state index >= 15 is 0 Å². The summed E-state index contributed by atoms with van der Waals surface area (Å²) in [6.07, 6.45) is 3.91. The number of aryl methyl sites for hydroxylation is 1. The van der Waals surface area contributed by atoms with Crippen LogP contribution in [-0.2, 0) is 10.0 Å². The Morgan fingerprint density at radius 2 is 2.26 bits per heavy atom. The molecule has 0 aliphatic carbocycles. The molecule has 0 spiro atoms. The van der Waals surface area contributed by atoms with Gasteiger partial charge in [0.05, 0.1) is 8.68 Å². The number of thiophene rings is 1. The summed E-state index contributed by atoms with van der Waals surface area (Å²) < 4.78 is 28.1. The molecular weight excluding hydrogens is 414 g/mol. The number of halogens is 2. The summed E-state index contributed by atoms with van der Waals surface area (Å²) in [6.45, 7) is 2.52. The van der Waals surface area contributed by atoms with Crippen molar-refractivity contribution >= 4 is 53.2 Å². The lowest BCUT2D eigenvalue weighted by molar-refractivity contribution is 0.369. The average molecular weight is 431 g/mol. The summed E-state index contributed by atoms with van der Waals surface area (Å²) >= 11 is 8.26. The first-order valence-electron chi connectivity index (χ1n) is 6.30. The van der Waals surface area contributed by atoms with Gasteiger partial charge in [0.15, 0.2) is 0 Å². The van der Waals surface area contributed by atoms with Crippen LogP contribution in [0.15, 0.2) is 14.7 Å². The maximum absolute atomic E-state index is 12.7. The van der Waals surface area contributed by atoms with Crippen molar-refractivity contribution in [3.8, 4) is 0 Å². The fraction of sp³-hybridized carbons (Fsp3) is 0.667. The zero-order chi connectivity index (χ0) is 14.0. The summed E-state index contributed by atoms with van der Waals surface area (Å²) in [5, 5.41) is 0.931. The van der Waals surface area contributed by atoms with E-state index in [-0.39, 0.29) is 6.04 Å². The molecule has 0 bridgehead atoms. The predicted molar refractivity (Wildman–Crippen MR) is 86.7 cm³/mol. The highest BCUT2D eigenvalue weighted by Crippen LogP contribution is 2.35. The van der Waals surface area contributed by atoms with Gasteiger partial charge in [-0.15, -0.1) is 11.3 Å². The normalized spacial score (nSPS) is 21.1. The smallest absolute Gasteiger partial charge is 0.207 e. The summed E-state index contributed by atoms with van der Waals surface area (Å²) in [4.78, 5) is 1.33. The van der Waals surface area contributed by atoms with E-state index in [9.17, 15) is 8.42 Å². The number of hydrogen-bond donors (Lipinski definition) is 0. The molecule has 3 nitrogen and oxygen atoms in total. The number of sulfonamides is 1. The number of alkyl halides is 1. The van der Waals surface area contributed by atoms with Crippen molar-refractivity contribution in [2.45, 2.75) is 43.5 Å². The molecule has 0 radical (unpaired) electrons. The molecule has 0 amide bonds. The van der Waals surface area contributed by atoms with Crippen molar-refractivity contribution < 1.29 is 8.42 Å². The molecule has 0 saturated carbocycles. The van der Waals surface area contributed by atoms with E-state index in [0.29, 0.717) is 11.4 Å². The lowest BCUT2D eigenvalue weighted by atomic mass is 10.1. The molecule has 108 valence electrons. The lowest BCUT2D eigenvalue weighted by Crippen LogP contribution is -2.35. The first-order chi connectivity index (χ1) is 8.96. The minimum absolute atomic E-state index is 0.167. The summed E-state index contributed by atoms with van der Waals surface area (Å²) in [5.41, 5.74) is 0. The molecule has 1 aliphatic rings. The van der Waals surface area contributed by atoms with Gasteiger partial charge in [-0.1, -0.05) is 15.9 Å². The van der Waals surface area contributed by atoms with Crippen molar-refractivity contribution in [3.05, 3.63) is 14.7 Å². The largest absolute Gasteiger partial charge is 0.244 e. The van der Waals surface area contributed by atoms with Crippen LogP contribution >= 0.6 is 43.2 Å². The van der Waals surface area contributed by atoms with E-state index < -0.39 is 10.0 Å². The minimum Gasteiger partial charge on any atom is -0.207 e. The maximum atomic E-state index is 12.7. The standard InChI is InChI=1S/C12H17Br2NO2S2/c1-9-11(8-12(14)18-9)19(16,17)15-7-3-5-10(15)4-2-6-13/h8,10H,2-7H2,1H3. The summed E-state index contributed by atoms with van der Waals surface area (Å²) in [6, 6.07) is 1.90. The Morgan fingerprint density at radius 3 is 2.84 bits per heavy atom. The maximum Gasteiger partial charge on any atom is 0.244 e. The Balaban J connectivity index is 2.26. The van der Waals surface area contributed by atoms with Gasteiger partial charge in [0.2, 0.25) is 10.0 Å². The fourth-order valence-electron chi connectivity index (χ4n) is 2.54. The molecule has 1 saturated heterocycles. The van der Waals surface area contributed by atoms with Gasteiger partial charge < -0.3 is 0 Å². The van der Waals surface area contributed by atoms with Gasteiger partial charge in [0, 0.05) is 22.8 Å². The zero-order valence-electron chi connectivity index (χ0n) is 10.7. The fourth-order valence-corrected chi connectivity index (χ4v) is 6.97. The Labute approximate surface area is 135 Å². The quantitative estimate of drug-likeness (QED) is 0.658. The van der Waals surface area contributed by atoms with Gasteiger partial charge in [-0.3, -0.25) is 0 Å². The van der Waals surface area contributed by atoms with Crippen LogP contribution in [-0.4, -0.2) is 30.6 Å². The highest BCUT2D eigenvalue weighted by Gasteiger charge is 2.36. The SMILES string of the molecule is Cc1sc(Br)cc1S(=O)(=O)N1CCCC1CCCBr. The third kappa shape index (κ3) is 3.43. The molecule has 1 aromatic heterocycles. The van der Waals surface area contributed by atoms with Crippen LogP contribution in [0.2, 0.25) is 0 Å². The van der Waals surface area contributed by atoms with Crippen LogP contribution in [0.4, 0.5) is 0 Å². The van der Waals surface area contributed by atoms with Crippen molar-refractivity contribution in [3.63, 3.8) is 0 Å². The first kappa shape index (κ1) is 15.9. The van der Waals surface area contributed by atoms with Crippen LogP contribution in [0.25, 0.3) is 0 Å². The van der Waals surface area contributed by atoms with Crippen molar-refractivity contribution in [1.29, 1.82) is 0 Å². The molecule has 0 N–H and O–H groups in total. The third-order valence-corrected chi connectivity index (χ3v) is 7.74. The number of rotatable bonds is 5. The van der Waals surface area contributed by atoms with Gasteiger partial charge in [-0.2, -0.15) is 4.31 Å². The third-order valence-electron chi connectivity index (χ3n) is 3.42. The Kier molecular flexibility index (Phi) is 5.50. The Bertz CT molecular complexity index is 542. The molecular formula is C12H17Br2NO2S2. The molecule has 1 unspecified atom stereocenters. The lowest BCUT2D eigenvalue weighted by Gasteiger charge is -2.23. The average Bonchev–Trinajstić information content (AvgIpc) is 2.93. The van der Waals surface area contributed by atoms with E-state index in [2.05, 4.69) is 31.9 Å². The Hall–Kier alpha value is 0.570. The molecule has 1 fully saturated rings. The van der Waals surface area contributed by atoms with Gasteiger partial charge in [0.1, 0.15) is 0 Å². The van der Waals surface area contributed by atoms with Gasteiger partial charge >= 0.3 is 0 Å². The van der Waals surface area contributed by atoms with Gasteiger partial charge in [-0.05, 0) is 54.6 Å². The van der Waals surface area contributed by atoms with Crippen molar-refractivity contribution in [2.75, 3.05) is 11.9 Å². The Morgan fingerprint density at radius 1 is 1.53 bits per heavy atom. The number of nitrogens with zero attached hydrogens (tertiary/aromatic N) is 1. The van der Waals surface area contributed by atoms with E-state index in [4.69, 9.17) is 0 Å². The second kappa shape index (κ2) is 6.56. The molecule has 0 aromatic carbocycles. The second-order valence-corrected chi connectivity index (χ2v) is 10.0. The molecule has 19 heavy (non-hydrogen) atoms. The predicted octanol–water partition coefficient (Wildman–Crippen LogP) is 4.15. The highest BCUT2D eigenvalue weighted by molar-refractivity contribution is 9.11. The van der Waals surface area contributed by atoms with E-state index in [1.807, 2.05) is 6.92 Å². The molecule has 1 atom stereocenters. The summed E-state index contributed by atoms with van der Waals surface area (Å²) in [5.74, 6) is 0. The van der Waals surface area contributed by atoms with Gasteiger partial charge in [-0.25, -0.2) is 8.42 Å². The molecule has 1 aliphatic heterocycles. The molecule has 1 aromatic rings. The van der Waals surface area contributed by atoms with Crippen molar-refractivity contribution in [1.82, 2.24) is 4.31 Å². The first-order valence-corrected chi connectivity index (χ1v) is 10.5. The van der Waals surface area contributed by atoms with Crippen LogP contribution in [0.5, 0.6) is 0 Å². The minimum atomic E-state index is -3.33. The second-order valence-electron chi connectivity index (χ2n) is 4.71.